The zero-order valence-electron chi connectivity index (χ0n) is 11.4. The SMILES string of the molecule is CCCNc1nccnc1-c1ccccc1OCC. The number of hydrogen-bond acceptors (Lipinski definition) is 4. The second-order valence-corrected chi connectivity index (χ2v) is 4.11. The van der Waals surface area contributed by atoms with Crippen molar-refractivity contribution in [2.75, 3.05) is 18.5 Å². The average Bonchev–Trinajstić information content (AvgIpc) is 2.46. The standard InChI is InChI=1S/C15H19N3O/c1-3-9-17-15-14(16-10-11-18-15)12-7-5-6-8-13(12)19-4-2/h5-8,10-11H,3-4,9H2,1-2H3,(H,17,18). The Morgan fingerprint density at radius 2 is 1.89 bits per heavy atom. The molecule has 19 heavy (non-hydrogen) atoms. The quantitative estimate of drug-likeness (QED) is 0.862. The number of hydrogen-bond donors (Lipinski definition) is 1. The van der Waals surface area contributed by atoms with E-state index in [4.69, 9.17) is 4.74 Å². The molecule has 0 aliphatic heterocycles. The summed E-state index contributed by atoms with van der Waals surface area (Å²) in [5.74, 6) is 1.64. The third-order valence-electron chi connectivity index (χ3n) is 2.68. The third kappa shape index (κ3) is 3.22. The first kappa shape index (κ1) is 13.3. The molecule has 0 unspecified atom stereocenters. The van der Waals surface area contributed by atoms with Crippen LogP contribution in [0.25, 0.3) is 11.3 Å². The van der Waals surface area contributed by atoms with Gasteiger partial charge in [0.2, 0.25) is 0 Å². The van der Waals surface area contributed by atoms with Crippen LogP contribution < -0.4 is 10.1 Å². The van der Waals surface area contributed by atoms with Gasteiger partial charge in [0.25, 0.3) is 0 Å². The first-order chi connectivity index (χ1) is 9.36. The number of benzene rings is 1. The minimum absolute atomic E-state index is 0.634. The maximum atomic E-state index is 5.66. The predicted octanol–water partition coefficient (Wildman–Crippen LogP) is 3.36. The largest absolute Gasteiger partial charge is 0.493 e. The van der Waals surface area contributed by atoms with E-state index in [1.807, 2.05) is 31.2 Å². The lowest BCUT2D eigenvalue weighted by molar-refractivity contribution is 0.341. The van der Waals surface area contributed by atoms with Gasteiger partial charge in [-0.25, -0.2) is 4.98 Å². The number of rotatable bonds is 6. The summed E-state index contributed by atoms with van der Waals surface area (Å²) in [5, 5.41) is 3.30. The Bertz CT molecular complexity index is 528. The van der Waals surface area contributed by atoms with E-state index in [2.05, 4.69) is 22.2 Å². The van der Waals surface area contributed by atoms with Gasteiger partial charge < -0.3 is 10.1 Å². The Hall–Kier alpha value is -2.10. The molecule has 0 aliphatic carbocycles. The Labute approximate surface area is 113 Å². The maximum Gasteiger partial charge on any atom is 0.152 e. The summed E-state index contributed by atoms with van der Waals surface area (Å²) in [6.45, 7) is 5.61. The van der Waals surface area contributed by atoms with Crippen LogP contribution in [-0.4, -0.2) is 23.1 Å². The molecular weight excluding hydrogens is 238 g/mol. The lowest BCUT2D eigenvalue weighted by Gasteiger charge is -2.12. The van der Waals surface area contributed by atoms with Gasteiger partial charge in [0.15, 0.2) is 5.82 Å². The van der Waals surface area contributed by atoms with Crippen molar-refractivity contribution >= 4 is 5.82 Å². The predicted molar refractivity (Wildman–Crippen MR) is 77.4 cm³/mol. The number of ether oxygens (including phenoxy) is 1. The van der Waals surface area contributed by atoms with Gasteiger partial charge in [-0.3, -0.25) is 4.98 Å². The molecule has 0 fully saturated rings. The molecule has 1 heterocycles. The van der Waals surface area contributed by atoms with E-state index in [0.29, 0.717) is 6.61 Å². The van der Waals surface area contributed by atoms with E-state index in [0.717, 1.165) is 35.8 Å². The van der Waals surface area contributed by atoms with E-state index in [1.165, 1.54) is 0 Å². The number of aromatic nitrogens is 2. The molecule has 0 atom stereocenters. The minimum Gasteiger partial charge on any atom is -0.493 e. The molecule has 2 rings (SSSR count). The normalized spacial score (nSPS) is 10.2. The lowest BCUT2D eigenvalue weighted by Crippen LogP contribution is -2.05. The maximum absolute atomic E-state index is 5.66. The van der Waals surface area contributed by atoms with Gasteiger partial charge in [-0.15, -0.1) is 0 Å². The highest BCUT2D eigenvalue weighted by Gasteiger charge is 2.12. The smallest absolute Gasteiger partial charge is 0.152 e. The third-order valence-corrected chi connectivity index (χ3v) is 2.68. The zero-order chi connectivity index (χ0) is 13.5. The van der Waals surface area contributed by atoms with Crippen LogP contribution in [0.4, 0.5) is 5.82 Å². The summed E-state index contributed by atoms with van der Waals surface area (Å²) in [6, 6.07) is 7.91. The first-order valence-electron chi connectivity index (χ1n) is 6.63. The molecule has 0 aliphatic rings. The average molecular weight is 257 g/mol. The second-order valence-electron chi connectivity index (χ2n) is 4.11. The monoisotopic (exact) mass is 257 g/mol. The highest BCUT2D eigenvalue weighted by atomic mass is 16.5. The number of nitrogens with one attached hydrogen (secondary N) is 1. The van der Waals surface area contributed by atoms with Crippen LogP contribution in [0.15, 0.2) is 36.7 Å². The summed E-state index contributed by atoms with van der Waals surface area (Å²) in [4.78, 5) is 8.80. The van der Waals surface area contributed by atoms with Crippen molar-refractivity contribution < 1.29 is 4.74 Å². The van der Waals surface area contributed by atoms with Crippen molar-refractivity contribution in [3.05, 3.63) is 36.7 Å². The highest BCUT2D eigenvalue weighted by molar-refractivity contribution is 5.76. The van der Waals surface area contributed by atoms with Gasteiger partial charge in [0.1, 0.15) is 11.4 Å². The molecule has 4 heteroatoms. The molecule has 100 valence electrons. The summed E-state index contributed by atoms with van der Waals surface area (Å²) in [7, 11) is 0. The van der Waals surface area contributed by atoms with Crippen molar-refractivity contribution in [1.82, 2.24) is 9.97 Å². The van der Waals surface area contributed by atoms with Crippen LogP contribution >= 0.6 is 0 Å². The van der Waals surface area contributed by atoms with Gasteiger partial charge in [-0.2, -0.15) is 0 Å². The first-order valence-corrected chi connectivity index (χ1v) is 6.63. The number of nitrogens with zero attached hydrogens (tertiary/aromatic N) is 2. The van der Waals surface area contributed by atoms with Gasteiger partial charge in [0, 0.05) is 24.5 Å². The van der Waals surface area contributed by atoms with E-state index in [-0.39, 0.29) is 0 Å². The van der Waals surface area contributed by atoms with E-state index < -0.39 is 0 Å². The van der Waals surface area contributed by atoms with Crippen LogP contribution in [0, 0.1) is 0 Å². The van der Waals surface area contributed by atoms with Crippen LogP contribution in [-0.2, 0) is 0 Å². The minimum atomic E-state index is 0.634. The topological polar surface area (TPSA) is 47.0 Å². The molecule has 1 aromatic heterocycles. The molecule has 0 amide bonds. The number of anilines is 1. The van der Waals surface area contributed by atoms with Crippen LogP contribution in [0.1, 0.15) is 20.3 Å². The Kier molecular flexibility index (Phi) is 4.72. The Morgan fingerprint density at radius 3 is 2.68 bits per heavy atom. The molecule has 4 nitrogen and oxygen atoms in total. The molecule has 0 spiro atoms. The molecule has 0 radical (unpaired) electrons. The fourth-order valence-electron chi connectivity index (χ4n) is 1.85. The van der Waals surface area contributed by atoms with E-state index in [9.17, 15) is 0 Å². The Morgan fingerprint density at radius 1 is 1.11 bits per heavy atom. The number of para-hydroxylation sites is 1. The summed E-state index contributed by atoms with van der Waals surface area (Å²) >= 11 is 0. The summed E-state index contributed by atoms with van der Waals surface area (Å²) in [5.41, 5.74) is 1.80. The van der Waals surface area contributed by atoms with Gasteiger partial charge >= 0.3 is 0 Å². The lowest BCUT2D eigenvalue weighted by atomic mass is 10.1. The van der Waals surface area contributed by atoms with Crippen molar-refractivity contribution in [3.8, 4) is 17.0 Å². The molecule has 1 N–H and O–H groups in total. The van der Waals surface area contributed by atoms with Crippen molar-refractivity contribution in [3.63, 3.8) is 0 Å². The molecule has 0 saturated heterocycles. The van der Waals surface area contributed by atoms with Crippen LogP contribution in [0.5, 0.6) is 5.75 Å². The second kappa shape index (κ2) is 6.73. The molecule has 2 aromatic rings. The van der Waals surface area contributed by atoms with Crippen molar-refractivity contribution in [2.24, 2.45) is 0 Å². The van der Waals surface area contributed by atoms with Crippen LogP contribution in [0.3, 0.4) is 0 Å². The van der Waals surface area contributed by atoms with Crippen molar-refractivity contribution in [2.45, 2.75) is 20.3 Å². The molecule has 1 aromatic carbocycles. The fourth-order valence-corrected chi connectivity index (χ4v) is 1.85. The molecule has 0 bridgehead atoms. The summed E-state index contributed by atoms with van der Waals surface area (Å²) in [6.07, 6.45) is 4.45. The molecule has 0 saturated carbocycles. The summed E-state index contributed by atoms with van der Waals surface area (Å²) < 4.78 is 5.66. The highest BCUT2D eigenvalue weighted by Crippen LogP contribution is 2.31. The van der Waals surface area contributed by atoms with Gasteiger partial charge in [-0.1, -0.05) is 19.1 Å². The van der Waals surface area contributed by atoms with Crippen molar-refractivity contribution in [1.29, 1.82) is 0 Å². The fraction of sp³-hybridized carbons (Fsp3) is 0.333. The zero-order valence-corrected chi connectivity index (χ0v) is 11.4. The van der Waals surface area contributed by atoms with E-state index >= 15 is 0 Å². The van der Waals surface area contributed by atoms with E-state index in [1.54, 1.807) is 12.4 Å². The molecular formula is C15H19N3O. The van der Waals surface area contributed by atoms with Gasteiger partial charge in [-0.05, 0) is 25.5 Å². The van der Waals surface area contributed by atoms with Gasteiger partial charge in [0.05, 0.1) is 6.61 Å². The Balaban J connectivity index is 2.40. The van der Waals surface area contributed by atoms with Crippen LogP contribution in [0.2, 0.25) is 0 Å².